The number of rotatable bonds is 8. The SMILES string of the molecule is CCC(CO)NC(=O)c1ccc(C2CCCC(NC(C)c3cccc4ccccc34)C2)cc1. The van der Waals surface area contributed by atoms with Crippen molar-refractivity contribution >= 4 is 16.7 Å². The van der Waals surface area contributed by atoms with Gasteiger partial charge in [0.25, 0.3) is 5.91 Å². The minimum Gasteiger partial charge on any atom is -0.394 e. The maximum absolute atomic E-state index is 12.4. The van der Waals surface area contributed by atoms with E-state index in [1.54, 1.807) is 0 Å². The van der Waals surface area contributed by atoms with Gasteiger partial charge in [0.05, 0.1) is 12.6 Å². The van der Waals surface area contributed by atoms with E-state index in [-0.39, 0.29) is 18.6 Å². The minimum atomic E-state index is -0.189. The van der Waals surface area contributed by atoms with Crippen LogP contribution in [0.1, 0.15) is 79.4 Å². The lowest BCUT2D eigenvalue weighted by molar-refractivity contribution is 0.0915. The molecule has 0 saturated heterocycles. The number of carbonyl (C=O) groups is 1. The fraction of sp³-hybridized carbons (Fsp3) is 0.414. The lowest BCUT2D eigenvalue weighted by Gasteiger charge is -2.32. The van der Waals surface area contributed by atoms with Gasteiger partial charge in [-0.3, -0.25) is 4.79 Å². The predicted molar refractivity (Wildman–Crippen MR) is 136 cm³/mol. The van der Waals surface area contributed by atoms with Crippen LogP contribution in [0.15, 0.2) is 66.7 Å². The second kappa shape index (κ2) is 11.0. The number of fused-ring (bicyclic) bond motifs is 1. The van der Waals surface area contributed by atoms with Crippen LogP contribution in [0.2, 0.25) is 0 Å². The largest absolute Gasteiger partial charge is 0.394 e. The van der Waals surface area contributed by atoms with Crippen molar-refractivity contribution in [3.63, 3.8) is 0 Å². The zero-order chi connectivity index (χ0) is 23.2. The molecule has 4 unspecified atom stereocenters. The molecule has 4 nitrogen and oxygen atoms in total. The normalized spacial score (nSPS) is 20.3. The minimum absolute atomic E-state index is 0.0337. The molecule has 1 aliphatic rings. The molecular weight excluding hydrogens is 408 g/mol. The van der Waals surface area contributed by atoms with Gasteiger partial charge in [0.15, 0.2) is 0 Å². The van der Waals surface area contributed by atoms with Gasteiger partial charge < -0.3 is 15.7 Å². The number of hydrogen-bond acceptors (Lipinski definition) is 3. The van der Waals surface area contributed by atoms with Crippen LogP contribution in [0.25, 0.3) is 10.8 Å². The highest BCUT2D eigenvalue weighted by Gasteiger charge is 2.25. The molecule has 0 spiro atoms. The average Bonchev–Trinajstić information content (AvgIpc) is 2.87. The van der Waals surface area contributed by atoms with E-state index >= 15 is 0 Å². The summed E-state index contributed by atoms with van der Waals surface area (Å²) in [5, 5.41) is 18.7. The van der Waals surface area contributed by atoms with Gasteiger partial charge in [-0.05, 0) is 72.6 Å². The molecule has 3 aromatic rings. The second-order valence-electron chi connectivity index (χ2n) is 9.40. The number of hydrogen-bond donors (Lipinski definition) is 3. The summed E-state index contributed by atoms with van der Waals surface area (Å²) in [6, 6.07) is 23.8. The number of aliphatic hydroxyl groups excluding tert-OH is 1. The van der Waals surface area contributed by atoms with Crippen molar-refractivity contribution in [3.8, 4) is 0 Å². The second-order valence-corrected chi connectivity index (χ2v) is 9.40. The molecule has 0 aromatic heterocycles. The molecule has 4 heteroatoms. The molecule has 3 aromatic carbocycles. The van der Waals surface area contributed by atoms with Crippen molar-refractivity contribution in [2.24, 2.45) is 0 Å². The molecule has 1 amide bonds. The third kappa shape index (κ3) is 5.63. The van der Waals surface area contributed by atoms with E-state index in [0.717, 1.165) is 6.42 Å². The maximum Gasteiger partial charge on any atom is 0.251 e. The van der Waals surface area contributed by atoms with E-state index in [0.29, 0.717) is 30.0 Å². The van der Waals surface area contributed by atoms with Crippen molar-refractivity contribution in [1.82, 2.24) is 10.6 Å². The summed E-state index contributed by atoms with van der Waals surface area (Å²) in [6.45, 7) is 4.20. The summed E-state index contributed by atoms with van der Waals surface area (Å²) in [7, 11) is 0. The Bertz CT molecular complexity index is 1050. The van der Waals surface area contributed by atoms with Gasteiger partial charge in [-0.15, -0.1) is 0 Å². The smallest absolute Gasteiger partial charge is 0.251 e. The number of aliphatic hydroxyl groups is 1. The first-order chi connectivity index (χ1) is 16.1. The van der Waals surface area contributed by atoms with Crippen LogP contribution in [0.5, 0.6) is 0 Å². The summed E-state index contributed by atoms with van der Waals surface area (Å²) in [5.74, 6) is 0.392. The Hall–Kier alpha value is -2.69. The van der Waals surface area contributed by atoms with Crippen LogP contribution >= 0.6 is 0 Å². The van der Waals surface area contributed by atoms with Crippen LogP contribution in [-0.4, -0.2) is 29.7 Å². The topological polar surface area (TPSA) is 61.4 Å². The molecule has 1 aliphatic carbocycles. The Labute approximate surface area is 197 Å². The van der Waals surface area contributed by atoms with Crippen molar-refractivity contribution < 1.29 is 9.90 Å². The first-order valence-electron chi connectivity index (χ1n) is 12.3. The maximum atomic E-state index is 12.4. The zero-order valence-corrected chi connectivity index (χ0v) is 19.8. The van der Waals surface area contributed by atoms with Gasteiger partial charge >= 0.3 is 0 Å². The first-order valence-corrected chi connectivity index (χ1v) is 12.3. The number of amides is 1. The Morgan fingerprint density at radius 3 is 2.55 bits per heavy atom. The van der Waals surface area contributed by atoms with E-state index in [2.05, 4.69) is 72.2 Å². The summed E-state index contributed by atoms with van der Waals surface area (Å²) in [4.78, 5) is 12.4. The zero-order valence-electron chi connectivity index (χ0n) is 19.8. The van der Waals surface area contributed by atoms with E-state index in [1.807, 2.05) is 19.1 Å². The summed E-state index contributed by atoms with van der Waals surface area (Å²) in [5.41, 5.74) is 3.32. The van der Waals surface area contributed by atoms with Gasteiger partial charge in [0.1, 0.15) is 0 Å². The quantitative estimate of drug-likeness (QED) is 0.417. The van der Waals surface area contributed by atoms with Gasteiger partial charge in [0, 0.05) is 17.6 Å². The van der Waals surface area contributed by atoms with Crippen LogP contribution in [-0.2, 0) is 0 Å². The Morgan fingerprint density at radius 1 is 1.03 bits per heavy atom. The van der Waals surface area contributed by atoms with E-state index in [4.69, 9.17) is 0 Å². The highest BCUT2D eigenvalue weighted by molar-refractivity contribution is 5.94. The lowest BCUT2D eigenvalue weighted by Crippen LogP contribution is -2.37. The average molecular weight is 445 g/mol. The Morgan fingerprint density at radius 2 is 1.79 bits per heavy atom. The van der Waals surface area contributed by atoms with Crippen LogP contribution in [0.4, 0.5) is 0 Å². The summed E-state index contributed by atoms with van der Waals surface area (Å²) >= 11 is 0. The van der Waals surface area contributed by atoms with Gasteiger partial charge in [0.2, 0.25) is 0 Å². The molecular formula is C29H36N2O2. The van der Waals surface area contributed by atoms with Crippen molar-refractivity contribution in [2.75, 3.05) is 6.61 Å². The highest BCUT2D eigenvalue weighted by Crippen LogP contribution is 2.34. The lowest BCUT2D eigenvalue weighted by atomic mass is 9.80. The van der Waals surface area contributed by atoms with E-state index < -0.39 is 0 Å². The molecule has 4 rings (SSSR count). The van der Waals surface area contributed by atoms with Gasteiger partial charge in [-0.25, -0.2) is 0 Å². The molecule has 174 valence electrons. The summed E-state index contributed by atoms with van der Waals surface area (Å²) in [6.07, 6.45) is 5.43. The molecule has 0 bridgehead atoms. The summed E-state index contributed by atoms with van der Waals surface area (Å²) < 4.78 is 0. The molecule has 1 saturated carbocycles. The van der Waals surface area contributed by atoms with Crippen LogP contribution in [0, 0.1) is 0 Å². The van der Waals surface area contributed by atoms with E-state index in [1.165, 1.54) is 41.2 Å². The fourth-order valence-corrected chi connectivity index (χ4v) is 5.17. The molecule has 0 heterocycles. The van der Waals surface area contributed by atoms with E-state index in [9.17, 15) is 9.90 Å². The molecule has 33 heavy (non-hydrogen) atoms. The molecule has 3 N–H and O–H groups in total. The van der Waals surface area contributed by atoms with Gasteiger partial charge in [-0.1, -0.05) is 67.9 Å². The number of benzene rings is 3. The number of carbonyl (C=O) groups excluding carboxylic acids is 1. The van der Waals surface area contributed by atoms with Crippen molar-refractivity contribution in [2.45, 2.75) is 70.0 Å². The molecule has 0 radical (unpaired) electrons. The molecule has 1 fully saturated rings. The monoisotopic (exact) mass is 444 g/mol. The van der Waals surface area contributed by atoms with Crippen molar-refractivity contribution in [1.29, 1.82) is 0 Å². The first kappa shape index (κ1) is 23.5. The number of nitrogens with one attached hydrogen (secondary N) is 2. The Kier molecular flexibility index (Phi) is 7.79. The standard InChI is InChI=1S/C29H36N2O2/c1-3-25(19-32)31-29(33)23-16-14-21(15-17-23)24-10-6-11-26(18-24)30-20(2)27-13-7-9-22-8-4-5-12-28(22)27/h4-5,7-9,12-17,20,24-26,30,32H,3,6,10-11,18-19H2,1-2H3,(H,31,33). The van der Waals surface area contributed by atoms with Crippen LogP contribution in [0.3, 0.4) is 0 Å². The third-order valence-electron chi connectivity index (χ3n) is 7.14. The van der Waals surface area contributed by atoms with Crippen molar-refractivity contribution in [3.05, 3.63) is 83.4 Å². The Balaban J connectivity index is 1.39. The predicted octanol–water partition coefficient (Wildman–Crippen LogP) is 5.72. The third-order valence-corrected chi connectivity index (χ3v) is 7.14. The van der Waals surface area contributed by atoms with Crippen LogP contribution < -0.4 is 10.6 Å². The highest BCUT2D eigenvalue weighted by atomic mass is 16.3. The molecule has 0 aliphatic heterocycles. The fourth-order valence-electron chi connectivity index (χ4n) is 5.17. The van der Waals surface area contributed by atoms with Gasteiger partial charge in [-0.2, -0.15) is 0 Å². The molecule has 4 atom stereocenters.